The lowest BCUT2D eigenvalue weighted by Gasteiger charge is -2.18. The van der Waals surface area contributed by atoms with Gasteiger partial charge in [0.15, 0.2) is 0 Å². The number of rotatable bonds is 9. The minimum Gasteiger partial charge on any atom is -0.465 e. The van der Waals surface area contributed by atoms with Crippen LogP contribution in [0, 0.1) is 0 Å². The standard InChI is InChI=1S/C21H22F3N5O4/c1-13(12-31-2)28-18-5-4-15(9-16(18)20(30)32-3)33-19-17(21(22,23)24)8-14(10-25-19)11-29-26-6-7-27-29/h4-10,13,28H,11-12H2,1-3H3. The van der Waals surface area contributed by atoms with Gasteiger partial charge in [-0.1, -0.05) is 0 Å². The molecule has 0 fully saturated rings. The number of hydrogen-bond donors (Lipinski definition) is 1. The van der Waals surface area contributed by atoms with Crippen LogP contribution in [0.3, 0.4) is 0 Å². The predicted molar refractivity (Wildman–Crippen MR) is 111 cm³/mol. The van der Waals surface area contributed by atoms with Crippen LogP contribution in [0.4, 0.5) is 18.9 Å². The third-order valence-electron chi connectivity index (χ3n) is 4.43. The molecule has 1 atom stereocenters. The van der Waals surface area contributed by atoms with Gasteiger partial charge in [0.1, 0.15) is 11.3 Å². The first-order valence-electron chi connectivity index (χ1n) is 9.77. The number of carbonyl (C=O) groups is 1. The highest BCUT2D eigenvalue weighted by atomic mass is 19.4. The van der Waals surface area contributed by atoms with Crippen molar-refractivity contribution in [1.29, 1.82) is 0 Å². The Balaban J connectivity index is 1.91. The quantitative estimate of drug-likeness (QED) is 0.477. The Bertz CT molecular complexity index is 1090. The molecule has 1 unspecified atom stereocenters. The van der Waals surface area contributed by atoms with E-state index in [0.717, 1.165) is 6.07 Å². The van der Waals surface area contributed by atoms with Crippen LogP contribution in [0.25, 0.3) is 0 Å². The molecule has 2 aromatic heterocycles. The monoisotopic (exact) mass is 465 g/mol. The van der Waals surface area contributed by atoms with E-state index in [4.69, 9.17) is 14.2 Å². The number of carbonyl (C=O) groups excluding carboxylic acids is 1. The van der Waals surface area contributed by atoms with E-state index < -0.39 is 23.6 Å². The van der Waals surface area contributed by atoms with E-state index in [1.807, 2.05) is 6.92 Å². The first-order chi connectivity index (χ1) is 15.7. The molecule has 33 heavy (non-hydrogen) atoms. The molecule has 3 aromatic rings. The number of aromatic nitrogens is 4. The Morgan fingerprint density at radius 2 is 1.91 bits per heavy atom. The van der Waals surface area contributed by atoms with E-state index in [0.29, 0.717) is 12.3 Å². The second kappa shape index (κ2) is 10.3. The smallest absolute Gasteiger partial charge is 0.421 e. The predicted octanol–water partition coefficient (Wildman–Crippen LogP) is 3.77. The van der Waals surface area contributed by atoms with Gasteiger partial charge < -0.3 is 19.5 Å². The molecule has 0 aliphatic heterocycles. The molecular formula is C21H22F3N5O4. The summed E-state index contributed by atoms with van der Waals surface area (Å²) in [5.74, 6) is -1.34. The number of nitrogens with one attached hydrogen (secondary N) is 1. The highest BCUT2D eigenvalue weighted by Crippen LogP contribution is 2.38. The number of hydrogen-bond acceptors (Lipinski definition) is 8. The fourth-order valence-electron chi connectivity index (χ4n) is 3.01. The largest absolute Gasteiger partial charge is 0.465 e. The Labute approximate surface area is 187 Å². The number of nitrogens with zero attached hydrogens (tertiary/aromatic N) is 4. The van der Waals surface area contributed by atoms with Crippen molar-refractivity contribution in [2.45, 2.75) is 25.7 Å². The molecule has 1 N–H and O–H groups in total. The second-order valence-corrected chi connectivity index (χ2v) is 7.06. The number of methoxy groups -OCH3 is 2. The van der Waals surface area contributed by atoms with Crippen LogP contribution in [-0.2, 0) is 22.2 Å². The van der Waals surface area contributed by atoms with Gasteiger partial charge in [-0.3, -0.25) is 0 Å². The van der Waals surface area contributed by atoms with E-state index >= 15 is 0 Å². The van der Waals surface area contributed by atoms with Crippen molar-refractivity contribution in [3.8, 4) is 11.6 Å². The summed E-state index contributed by atoms with van der Waals surface area (Å²) in [6.07, 6.45) is -0.637. The van der Waals surface area contributed by atoms with E-state index in [-0.39, 0.29) is 29.5 Å². The zero-order valence-electron chi connectivity index (χ0n) is 18.1. The maximum atomic E-state index is 13.7. The Kier molecular flexibility index (Phi) is 7.48. The summed E-state index contributed by atoms with van der Waals surface area (Å²) in [6.45, 7) is 2.23. The van der Waals surface area contributed by atoms with Crippen molar-refractivity contribution in [3.05, 3.63) is 59.5 Å². The maximum Gasteiger partial charge on any atom is 0.421 e. The van der Waals surface area contributed by atoms with Gasteiger partial charge in [0.05, 0.1) is 38.2 Å². The Morgan fingerprint density at radius 3 is 2.55 bits per heavy atom. The summed E-state index contributed by atoms with van der Waals surface area (Å²) in [5.41, 5.74) is -0.312. The van der Waals surface area contributed by atoms with E-state index in [1.54, 1.807) is 7.11 Å². The van der Waals surface area contributed by atoms with E-state index in [2.05, 4.69) is 20.5 Å². The Hall–Kier alpha value is -3.67. The van der Waals surface area contributed by atoms with Gasteiger partial charge in [-0.2, -0.15) is 28.2 Å². The second-order valence-electron chi connectivity index (χ2n) is 7.06. The number of alkyl halides is 3. The number of anilines is 1. The highest BCUT2D eigenvalue weighted by Gasteiger charge is 2.36. The molecule has 12 heteroatoms. The molecule has 0 aliphatic carbocycles. The number of ether oxygens (including phenoxy) is 3. The van der Waals surface area contributed by atoms with Gasteiger partial charge in [0.25, 0.3) is 0 Å². The van der Waals surface area contributed by atoms with Crippen LogP contribution in [0.1, 0.15) is 28.4 Å². The molecular weight excluding hydrogens is 443 g/mol. The molecule has 3 rings (SSSR count). The summed E-state index contributed by atoms with van der Waals surface area (Å²) in [7, 11) is 2.74. The van der Waals surface area contributed by atoms with Gasteiger partial charge in [0.2, 0.25) is 5.88 Å². The molecule has 0 aliphatic rings. The number of esters is 1. The van der Waals surface area contributed by atoms with Gasteiger partial charge >= 0.3 is 12.1 Å². The van der Waals surface area contributed by atoms with Crippen molar-refractivity contribution < 1.29 is 32.2 Å². The zero-order valence-corrected chi connectivity index (χ0v) is 18.1. The lowest BCUT2D eigenvalue weighted by molar-refractivity contribution is -0.138. The van der Waals surface area contributed by atoms with Crippen molar-refractivity contribution >= 4 is 11.7 Å². The average Bonchev–Trinajstić information content (AvgIpc) is 3.27. The molecule has 0 saturated heterocycles. The molecule has 0 amide bonds. The SMILES string of the molecule is COCC(C)Nc1ccc(Oc2ncc(Cn3nccn3)cc2C(F)(F)F)cc1C(=O)OC. The average molecular weight is 465 g/mol. The molecule has 0 bridgehead atoms. The van der Waals surface area contributed by atoms with Crippen LogP contribution in [-0.4, -0.2) is 52.8 Å². The number of halogens is 3. The normalized spacial score (nSPS) is 12.3. The lowest BCUT2D eigenvalue weighted by atomic mass is 10.1. The third-order valence-corrected chi connectivity index (χ3v) is 4.43. The molecule has 9 nitrogen and oxygen atoms in total. The van der Waals surface area contributed by atoms with Crippen LogP contribution in [0.2, 0.25) is 0 Å². The fourth-order valence-corrected chi connectivity index (χ4v) is 3.01. The van der Waals surface area contributed by atoms with Crippen LogP contribution in [0.15, 0.2) is 42.9 Å². The topological polar surface area (TPSA) is 100 Å². The summed E-state index contributed by atoms with van der Waals surface area (Å²) in [4.78, 5) is 17.3. The Morgan fingerprint density at radius 1 is 1.18 bits per heavy atom. The molecule has 0 spiro atoms. The summed E-state index contributed by atoms with van der Waals surface area (Å²) in [6, 6.07) is 5.02. The molecule has 1 aromatic carbocycles. The van der Waals surface area contributed by atoms with Crippen LogP contribution >= 0.6 is 0 Å². The van der Waals surface area contributed by atoms with Crippen molar-refractivity contribution in [1.82, 2.24) is 20.0 Å². The minimum absolute atomic E-state index is 0.00980. The number of pyridine rings is 1. The van der Waals surface area contributed by atoms with Crippen molar-refractivity contribution in [2.24, 2.45) is 0 Å². The molecule has 0 radical (unpaired) electrons. The minimum atomic E-state index is -4.72. The van der Waals surface area contributed by atoms with Gasteiger partial charge in [0, 0.05) is 25.0 Å². The first-order valence-corrected chi connectivity index (χ1v) is 9.77. The third kappa shape index (κ3) is 6.19. The van der Waals surface area contributed by atoms with E-state index in [1.165, 1.54) is 48.7 Å². The van der Waals surface area contributed by atoms with E-state index in [9.17, 15) is 18.0 Å². The molecule has 176 valence electrons. The highest BCUT2D eigenvalue weighted by molar-refractivity contribution is 5.96. The lowest BCUT2D eigenvalue weighted by Crippen LogP contribution is -2.22. The summed E-state index contributed by atoms with van der Waals surface area (Å²) >= 11 is 0. The van der Waals surface area contributed by atoms with Crippen LogP contribution < -0.4 is 10.1 Å². The fraction of sp³-hybridized carbons (Fsp3) is 0.333. The van der Waals surface area contributed by atoms with Gasteiger partial charge in [-0.05, 0) is 36.8 Å². The van der Waals surface area contributed by atoms with Crippen molar-refractivity contribution in [3.63, 3.8) is 0 Å². The van der Waals surface area contributed by atoms with Crippen LogP contribution in [0.5, 0.6) is 11.6 Å². The zero-order chi connectivity index (χ0) is 24.0. The number of benzene rings is 1. The molecule has 0 saturated carbocycles. The van der Waals surface area contributed by atoms with Gasteiger partial charge in [-0.25, -0.2) is 9.78 Å². The molecule has 2 heterocycles. The summed E-state index contributed by atoms with van der Waals surface area (Å²) < 4.78 is 56.4. The maximum absolute atomic E-state index is 13.7. The van der Waals surface area contributed by atoms with Gasteiger partial charge in [-0.15, -0.1) is 0 Å². The first kappa shape index (κ1) is 24.0. The van der Waals surface area contributed by atoms with Crippen molar-refractivity contribution in [2.75, 3.05) is 26.1 Å². The summed E-state index contributed by atoms with van der Waals surface area (Å²) in [5, 5.41) is 10.8.